The number of oxime groups is 1. The first kappa shape index (κ1) is 25.4. The van der Waals surface area contributed by atoms with Crippen LogP contribution >= 0.6 is 0 Å². The summed E-state index contributed by atoms with van der Waals surface area (Å²) in [6.45, 7) is -0.694. The third-order valence-corrected chi connectivity index (χ3v) is 6.05. The minimum atomic E-state index is -1.13. The first-order valence-corrected chi connectivity index (χ1v) is 11.9. The molecule has 0 unspecified atom stereocenters. The van der Waals surface area contributed by atoms with E-state index < -0.39 is 18.6 Å². The van der Waals surface area contributed by atoms with Gasteiger partial charge in [0.05, 0.1) is 24.8 Å². The minimum Gasteiger partial charge on any atom is -0.479 e. The maximum absolute atomic E-state index is 13.4. The molecule has 4 rings (SSSR count). The van der Waals surface area contributed by atoms with Crippen LogP contribution in [0.4, 0.5) is 10.5 Å². The van der Waals surface area contributed by atoms with E-state index in [-0.39, 0.29) is 24.5 Å². The molecule has 3 aromatic rings. The largest absolute Gasteiger partial charge is 0.479 e. The number of carbonyl (C=O) groups excluding carboxylic acids is 2. The first-order chi connectivity index (χ1) is 18.0. The van der Waals surface area contributed by atoms with E-state index in [0.29, 0.717) is 11.3 Å². The van der Waals surface area contributed by atoms with Crippen molar-refractivity contribution in [2.75, 3.05) is 18.5 Å². The Balaban J connectivity index is 1.39. The lowest BCUT2D eigenvalue weighted by atomic mass is 10.0. The second-order valence-electron chi connectivity index (χ2n) is 8.57. The second kappa shape index (κ2) is 12.3. The van der Waals surface area contributed by atoms with Gasteiger partial charge < -0.3 is 25.5 Å². The second-order valence-corrected chi connectivity index (χ2v) is 8.57. The number of nitrogens with zero attached hydrogens (tertiary/aromatic N) is 2. The fourth-order valence-electron chi connectivity index (χ4n) is 4.47. The first-order valence-electron chi connectivity index (χ1n) is 11.9. The lowest BCUT2D eigenvalue weighted by molar-refractivity contribution is -0.142. The molecule has 0 radical (unpaired) electrons. The molecule has 1 aliphatic rings. The highest BCUT2D eigenvalue weighted by molar-refractivity contribution is 5.93. The van der Waals surface area contributed by atoms with Gasteiger partial charge in [-0.25, -0.2) is 9.59 Å². The Bertz CT molecular complexity index is 1200. The summed E-state index contributed by atoms with van der Waals surface area (Å²) < 4.78 is 0. The Kier molecular flexibility index (Phi) is 8.49. The number of rotatable bonds is 9. The number of hydrogen-bond acceptors (Lipinski definition) is 5. The third kappa shape index (κ3) is 6.94. The zero-order chi connectivity index (χ0) is 26.0. The topological polar surface area (TPSA) is 120 Å². The molecule has 0 aromatic heterocycles. The Labute approximate surface area is 214 Å². The number of benzene rings is 3. The summed E-state index contributed by atoms with van der Waals surface area (Å²) in [5, 5.41) is 17.5. The number of carboxylic acids is 1. The maximum Gasteiger partial charge on any atom is 0.344 e. The SMILES string of the molecule is O=C(O)CON=Cc1cccc(NC(=O)NCC(=O)N2[C@@H](c3ccccc3)CC[C@H]2c2ccccc2)c1. The van der Waals surface area contributed by atoms with Gasteiger partial charge in [0, 0.05) is 5.69 Å². The summed E-state index contributed by atoms with van der Waals surface area (Å²) in [7, 11) is 0. The molecule has 3 aromatic carbocycles. The van der Waals surface area contributed by atoms with Gasteiger partial charge in [0.1, 0.15) is 0 Å². The summed E-state index contributed by atoms with van der Waals surface area (Å²) >= 11 is 0. The average Bonchev–Trinajstić information content (AvgIpc) is 3.36. The minimum absolute atomic E-state index is 0.0666. The Morgan fingerprint density at radius 2 is 1.54 bits per heavy atom. The smallest absolute Gasteiger partial charge is 0.344 e. The van der Waals surface area contributed by atoms with Crippen LogP contribution in [0.2, 0.25) is 0 Å². The zero-order valence-corrected chi connectivity index (χ0v) is 20.1. The van der Waals surface area contributed by atoms with Crippen molar-refractivity contribution in [3.05, 3.63) is 102 Å². The van der Waals surface area contributed by atoms with Gasteiger partial charge in [-0.1, -0.05) is 78.0 Å². The van der Waals surface area contributed by atoms with E-state index >= 15 is 0 Å². The Hall–Kier alpha value is -4.66. The van der Waals surface area contributed by atoms with Crippen LogP contribution in [0.25, 0.3) is 0 Å². The van der Waals surface area contributed by atoms with Crippen molar-refractivity contribution in [3.63, 3.8) is 0 Å². The van der Waals surface area contributed by atoms with Crippen molar-refractivity contribution in [3.8, 4) is 0 Å². The number of nitrogens with one attached hydrogen (secondary N) is 2. The number of carbonyl (C=O) groups is 3. The average molecular weight is 501 g/mol. The molecule has 3 amide bonds. The predicted octanol–water partition coefficient (Wildman–Crippen LogP) is 4.35. The number of aliphatic carboxylic acids is 1. The molecule has 0 aliphatic carbocycles. The van der Waals surface area contributed by atoms with Gasteiger partial charge in [-0.05, 0) is 41.7 Å². The molecule has 0 spiro atoms. The molecule has 1 saturated heterocycles. The zero-order valence-electron chi connectivity index (χ0n) is 20.1. The van der Waals surface area contributed by atoms with Gasteiger partial charge >= 0.3 is 12.0 Å². The summed E-state index contributed by atoms with van der Waals surface area (Å²) in [5.41, 5.74) is 3.24. The molecule has 1 aliphatic heterocycles. The molecular formula is C28H28N4O5. The maximum atomic E-state index is 13.4. The normalized spacial score (nSPS) is 16.9. The van der Waals surface area contributed by atoms with Crippen LogP contribution in [0.5, 0.6) is 0 Å². The highest BCUT2D eigenvalue weighted by Gasteiger charge is 2.38. The van der Waals surface area contributed by atoms with E-state index in [1.54, 1.807) is 24.3 Å². The van der Waals surface area contributed by atoms with Crippen LogP contribution in [0.1, 0.15) is 41.6 Å². The van der Waals surface area contributed by atoms with Crippen LogP contribution in [0, 0.1) is 0 Å². The fraction of sp³-hybridized carbons (Fsp3) is 0.214. The monoisotopic (exact) mass is 500 g/mol. The summed E-state index contributed by atoms with van der Waals surface area (Å²) in [6.07, 6.45) is 3.02. The molecule has 9 heteroatoms. The lowest BCUT2D eigenvalue weighted by Gasteiger charge is -2.31. The van der Waals surface area contributed by atoms with Crippen LogP contribution in [-0.4, -0.2) is 47.3 Å². The summed E-state index contributed by atoms with van der Waals surface area (Å²) in [6, 6.07) is 26.0. The molecular weight excluding hydrogens is 472 g/mol. The molecule has 1 heterocycles. The molecule has 9 nitrogen and oxygen atoms in total. The van der Waals surface area contributed by atoms with E-state index in [9.17, 15) is 14.4 Å². The molecule has 37 heavy (non-hydrogen) atoms. The number of anilines is 1. The van der Waals surface area contributed by atoms with E-state index in [1.807, 2.05) is 65.6 Å². The van der Waals surface area contributed by atoms with Crippen LogP contribution < -0.4 is 10.6 Å². The van der Waals surface area contributed by atoms with Crippen molar-refractivity contribution in [2.24, 2.45) is 5.16 Å². The molecule has 2 atom stereocenters. The third-order valence-electron chi connectivity index (χ3n) is 6.05. The number of hydrogen-bond donors (Lipinski definition) is 3. The molecule has 0 saturated carbocycles. The molecule has 190 valence electrons. The Morgan fingerprint density at radius 3 is 2.14 bits per heavy atom. The van der Waals surface area contributed by atoms with Crippen molar-refractivity contribution in [1.82, 2.24) is 10.2 Å². The van der Waals surface area contributed by atoms with E-state index in [4.69, 9.17) is 5.11 Å². The van der Waals surface area contributed by atoms with Gasteiger partial charge in [-0.3, -0.25) is 4.79 Å². The van der Waals surface area contributed by atoms with Crippen LogP contribution in [0.15, 0.2) is 90.1 Å². The number of amides is 3. The predicted molar refractivity (Wildman–Crippen MR) is 139 cm³/mol. The number of likely N-dealkylation sites (tertiary alicyclic amines) is 1. The quantitative estimate of drug-likeness (QED) is 0.298. The van der Waals surface area contributed by atoms with Gasteiger partial charge in [0.15, 0.2) is 0 Å². The summed E-state index contributed by atoms with van der Waals surface area (Å²) in [5.74, 6) is -1.29. The van der Waals surface area contributed by atoms with E-state index in [2.05, 4.69) is 20.6 Å². The highest BCUT2D eigenvalue weighted by atomic mass is 16.6. The fourth-order valence-corrected chi connectivity index (χ4v) is 4.47. The molecule has 1 fully saturated rings. The number of urea groups is 1. The standard InChI is InChI=1S/C28H28N4O5/c33-26(18-29-28(36)31-23-13-7-8-20(16-23)17-30-37-19-27(34)35)32-24(21-9-3-1-4-10-21)14-15-25(32)22-11-5-2-6-12-22/h1-13,16-17,24-25H,14-15,18-19H2,(H,34,35)(H2,29,31,36)/t24-,25+. The lowest BCUT2D eigenvalue weighted by Crippen LogP contribution is -2.42. The van der Waals surface area contributed by atoms with Crippen molar-refractivity contribution >= 4 is 29.8 Å². The van der Waals surface area contributed by atoms with Crippen molar-refractivity contribution in [1.29, 1.82) is 0 Å². The molecule has 3 N–H and O–H groups in total. The van der Waals surface area contributed by atoms with Gasteiger partial charge in [0.25, 0.3) is 0 Å². The Morgan fingerprint density at radius 1 is 0.919 bits per heavy atom. The molecule has 0 bridgehead atoms. The van der Waals surface area contributed by atoms with Crippen LogP contribution in [0.3, 0.4) is 0 Å². The van der Waals surface area contributed by atoms with Crippen LogP contribution in [-0.2, 0) is 14.4 Å². The van der Waals surface area contributed by atoms with Gasteiger partial charge in [-0.15, -0.1) is 0 Å². The van der Waals surface area contributed by atoms with E-state index in [1.165, 1.54) is 6.21 Å². The summed E-state index contributed by atoms with van der Waals surface area (Å²) in [4.78, 5) is 43.0. The highest BCUT2D eigenvalue weighted by Crippen LogP contribution is 2.43. The number of carboxylic acid groups (broad SMARTS) is 1. The van der Waals surface area contributed by atoms with Gasteiger partial charge in [0.2, 0.25) is 12.5 Å². The van der Waals surface area contributed by atoms with Crippen molar-refractivity contribution < 1.29 is 24.3 Å². The van der Waals surface area contributed by atoms with E-state index in [0.717, 1.165) is 24.0 Å². The van der Waals surface area contributed by atoms with Gasteiger partial charge in [-0.2, -0.15) is 0 Å². The van der Waals surface area contributed by atoms with Crippen molar-refractivity contribution in [2.45, 2.75) is 24.9 Å².